The molecule has 1 aliphatic heterocycles. The first-order valence-electron chi connectivity index (χ1n) is 15.0. The molecule has 0 fully saturated rings. The van der Waals surface area contributed by atoms with Crippen LogP contribution in [-0.4, -0.2) is 59.1 Å². The van der Waals surface area contributed by atoms with Crippen LogP contribution >= 0.6 is 0 Å². The molecule has 0 bridgehead atoms. The normalized spacial score (nSPS) is 14.7. The summed E-state index contributed by atoms with van der Waals surface area (Å²) < 4.78 is 17.6. The number of nitrogens with zero attached hydrogens (tertiary/aromatic N) is 2. The van der Waals surface area contributed by atoms with Crippen molar-refractivity contribution < 1.29 is 24.1 Å². The van der Waals surface area contributed by atoms with Crippen LogP contribution in [0.2, 0.25) is 0 Å². The molecule has 3 N–H and O–H groups in total. The first-order chi connectivity index (χ1) is 21.0. The van der Waals surface area contributed by atoms with Crippen molar-refractivity contribution in [3.63, 3.8) is 0 Å². The molecule has 234 valence electrons. The van der Waals surface area contributed by atoms with Gasteiger partial charge in [-0.3, -0.25) is 4.90 Å². The Morgan fingerprint density at radius 2 is 1.93 bits per heavy atom. The quantitative estimate of drug-likeness (QED) is 0.114. The Morgan fingerprint density at radius 3 is 2.64 bits per heavy atom. The van der Waals surface area contributed by atoms with Gasteiger partial charge in [0.15, 0.2) is 0 Å². The zero-order chi connectivity index (χ0) is 31.9. The molecule has 1 aromatic heterocycles. The lowest BCUT2D eigenvalue weighted by Crippen LogP contribution is -2.38. The second-order valence-corrected chi connectivity index (χ2v) is 12.1. The Morgan fingerprint density at radius 1 is 1.16 bits per heavy atom. The molecule has 1 unspecified atom stereocenters. The highest BCUT2D eigenvalue weighted by molar-refractivity contribution is 6.08. The van der Waals surface area contributed by atoms with Gasteiger partial charge in [-0.05, 0) is 87.9 Å². The molecule has 4 rings (SSSR count). The Balaban J connectivity index is 1.46. The number of carboxylic acid groups (broad SMARTS) is 1. The Labute approximate surface area is 260 Å². The summed E-state index contributed by atoms with van der Waals surface area (Å²) in [6, 6.07) is 18.4. The fourth-order valence-electron chi connectivity index (χ4n) is 5.24. The van der Waals surface area contributed by atoms with E-state index in [1.807, 2.05) is 37.3 Å². The number of aryl methyl sites for hydroxylation is 1. The monoisotopic (exact) mass is 600 g/mol. The van der Waals surface area contributed by atoms with Crippen LogP contribution in [0, 0.1) is 12.3 Å². The summed E-state index contributed by atoms with van der Waals surface area (Å²) in [6.45, 7) is 13.7. The van der Waals surface area contributed by atoms with Gasteiger partial charge in [-0.25, -0.2) is 9.78 Å². The lowest BCUT2D eigenvalue weighted by Gasteiger charge is -2.34. The Bertz CT molecular complexity index is 1510. The molecule has 0 saturated heterocycles. The van der Waals surface area contributed by atoms with Crippen LogP contribution in [0.25, 0.3) is 11.3 Å². The van der Waals surface area contributed by atoms with Gasteiger partial charge in [0.25, 0.3) is 0 Å². The van der Waals surface area contributed by atoms with Gasteiger partial charge in [0, 0.05) is 37.5 Å². The minimum absolute atomic E-state index is 0.0718. The molecule has 2 heterocycles. The van der Waals surface area contributed by atoms with Crippen molar-refractivity contribution in [3.8, 4) is 17.0 Å². The molecule has 44 heavy (non-hydrogen) atoms. The van der Waals surface area contributed by atoms with E-state index in [4.69, 9.17) is 19.6 Å². The fraction of sp³-hybridized carbons (Fsp3) is 0.400. The van der Waals surface area contributed by atoms with E-state index in [0.29, 0.717) is 24.2 Å². The van der Waals surface area contributed by atoms with E-state index in [9.17, 15) is 9.90 Å². The van der Waals surface area contributed by atoms with Crippen LogP contribution in [-0.2, 0) is 33.8 Å². The molecule has 9 nitrogen and oxygen atoms in total. The number of benzene rings is 2. The molecule has 1 atom stereocenters. The maximum absolute atomic E-state index is 11.5. The Kier molecular flexibility index (Phi) is 10.8. The molecular weight excluding hydrogens is 556 g/mol. The predicted molar refractivity (Wildman–Crippen MR) is 173 cm³/mol. The van der Waals surface area contributed by atoms with Crippen molar-refractivity contribution in [2.75, 3.05) is 25.6 Å². The van der Waals surface area contributed by atoms with E-state index in [0.717, 1.165) is 61.2 Å². The van der Waals surface area contributed by atoms with Crippen LogP contribution < -0.4 is 10.1 Å². The van der Waals surface area contributed by atoms with E-state index >= 15 is 0 Å². The van der Waals surface area contributed by atoms with Gasteiger partial charge in [0.2, 0.25) is 5.88 Å². The summed E-state index contributed by atoms with van der Waals surface area (Å²) in [5, 5.41) is 19.7. The number of nitrogens with one attached hydrogen (secondary N) is 2. The highest BCUT2D eigenvalue weighted by Crippen LogP contribution is 2.34. The maximum Gasteiger partial charge on any atom is 0.342 e. The van der Waals surface area contributed by atoms with E-state index < -0.39 is 5.97 Å². The number of ether oxygens (including phenoxy) is 3. The summed E-state index contributed by atoms with van der Waals surface area (Å²) in [5.41, 5.74) is 5.90. The summed E-state index contributed by atoms with van der Waals surface area (Å²) in [7, 11) is 1.34. The number of carbonyl (C=O) groups is 1. The average Bonchev–Trinajstić information content (AvgIpc) is 2.99. The smallest absolute Gasteiger partial charge is 0.342 e. The van der Waals surface area contributed by atoms with E-state index in [1.54, 1.807) is 6.07 Å². The average molecular weight is 601 g/mol. The van der Waals surface area contributed by atoms with E-state index in [2.05, 4.69) is 61.1 Å². The van der Waals surface area contributed by atoms with Crippen LogP contribution in [0.5, 0.6) is 5.75 Å². The van der Waals surface area contributed by atoms with Gasteiger partial charge in [0.1, 0.15) is 23.7 Å². The fourth-order valence-corrected chi connectivity index (χ4v) is 5.24. The third-order valence-electron chi connectivity index (χ3n) is 7.69. The topological polar surface area (TPSA) is 117 Å². The molecule has 0 spiro atoms. The number of aromatic nitrogens is 1. The highest BCUT2D eigenvalue weighted by Gasteiger charge is 2.22. The number of fused-ring (bicyclic) bond motifs is 1. The van der Waals surface area contributed by atoms with Gasteiger partial charge in [-0.2, -0.15) is 0 Å². The van der Waals surface area contributed by atoms with Gasteiger partial charge in [-0.15, -0.1) is 0 Å². The van der Waals surface area contributed by atoms with Crippen LogP contribution in [0.4, 0.5) is 5.82 Å². The number of hydrogen-bond acceptors (Lipinski definition) is 8. The lowest BCUT2D eigenvalue weighted by atomic mass is 9.96. The first-order valence-corrected chi connectivity index (χ1v) is 15.0. The minimum atomic E-state index is -1.27. The molecule has 0 aliphatic carbocycles. The number of rotatable bonds is 13. The molecule has 2 aromatic carbocycles. The molecule has 1 aliphatic rings. The first kappa shape index (κ1) is 32.7. The minimum Gasteiger partial charge on any atom is -0.488 e. The second kappa shape index (κ2) is 14.5. The number of para-hydroxylation sites is 1. The molecule has 0 amide bonds. The Hall–Kier alpha value is -4.21. The van der Waals surface area contributed by atoms with Crippen LogP contribution in [0.1, 0.15) is 56.4 Å². The van der Waals surface area contributed by atoms with Gasteiger partial charge in [-0.1, -0.05) is 36.4 Å². The number of hydrogen-bond donors (Lipinski definition) is 3. The van der Waals surface area contributed by atoms with Crippen molar-refractivity contribution in [1.82, 2.24) is 9.88 Å². The van der Waals surface area contributed by atoms with Crippen molar-refractivity contribution >= 4 is 18.0 Å². The highest BCUT2D eigenvalue weighted by atomic mass is 16.5. The molecule has 0 saturated carbocycles. The third kappa shape index (κ3) is 8.45. The van der Waals surface area contributed by atoms with Gasteiger partial charge in [0.05, 0.1) is 18.4 Å². The SMILES string of the molecule is CO/C(Nc1cccc(-c2cccc(C)c2OCc2ccc3c(c2)CCN(C(C)CCOC(C)(C)C)C3)n1)=C(/C=N)C(=O)O. The maximum atomic E-state index is 11.5. The summed E-state index contributed by atoms with van der Waals surface area (Å²) in [6.07, 6.45) is 2.75. The molecule has 0 radical (unpaired) electrons. The third-order valence-corrected chi connectivity index (χ3v) is 7.69. The molecule has 9 heteroatoms. The standard InChI is InChI=1S/C35H44N4O5/c1-23-9-7-10-28(30-11-8-12-31(37-30)38-33(42-6)29(20-36)34(40)41)32(23)43-22-25-13-14-27-21-39(17-15-26(27)19-25)24(2)16-18-44-35(3,4)5/h7-14,19-20,24,36H,15-18,21-22H2,1-6H3,(H,37,38)(H,40,41)/b33-29-,36-20?. The zero-order valence-electron chi connectivity index (χ0n) is 26.6. The molecule has 3 aromatic rings. The lowest BCUT2D eigenvalue weighted by molar-refractivity contribution is -0.132. The number of methoxy groups -OCH3 is 1. The predicted octanol–water partition coefficient (Wildman–Crippen LogP) is 6.59. The zero-order valence-corrected chi connectivity index (χ0v) is 26.6. The van der Waals surface area contributed by atoms with Crippen molar-refractivity contribution in [2.45, 2.75) is 72.3 Å². The second-order valence-electron chi connectivity index (χ2n) is 12.1. The van der Waals surface area contributed by atoms with E-state index in [1.165, 1.54) is 18.2 Å². The van der Waals surface area contributed by atoms with Crippen LogP contribution in [0.15, 0.2) is 66.1 Å². The number of pyridine rings is 1. The largest absolute Gasteiger partial charge is 0.488 e. The van der Waals surface area contributed by atoms with Gasteiger partial charge < -0.3 is 30.0 Å². The number of anilines is 1. The number of aliphatic carboxylic acids is 1. The van der Waals surface area contributed by atoms with Crippen molar-refractivity contribution in [1.29, 1.82) is 5.41 Å². The summed E-state index contributed by atoms with van der Waals surface area (Å²) in [4.78, 5) is 18.7. The van der Waals surface area contributed by atoms with Gasteiger partial charge >= 0.3 is 5.97 Å². The van der Waals surface area contributed by atoms with E-state index in [-0.39, 0.29) is 17.1 Å². The number of carboxylic acids is 1. The summed E-state index contributed by atoms with van der Waals surface area (Å²) >= 11 is 0. The van der Waals surface area contributed by atoms with Crippen molar-refractivity contribution in [3.05, 3.63) is 88.3 Å². The molecular formula is C35H44N4O5. The van der Waals surface area contributed by atoms with Crippen molar-refractivity contribution in [2.24, 2.45) is 0 Å². The summed E-state index contributed by atoms with van der Waals surface area (Å²) in [5.74, 6) is -0.226. The van der Waals surface area contributed by atoms with Crippen LogP contribution in [0.3, 0.4) is 0 Å².